The van der Waals surface area contributed by atoms with Gasteiger partial charge in [-0.3, -0.25) is 10.1 Å². The fourth-order valence-electron chi connectivity index (χ4n) is 2.02. The number of aliphatic hydroxyl groups is 1. The van der Waals surface area contributed by atoms with E-state index in [1.54, 1.807) is 0 Å². The molecule has 0 heterocycles. The minimum absolute atomic E-state index is 0.0406. The van der Waals surface area contributed by atoms with Gasteiger partial charge < -0.3 is 10.4 Å². The molecule has 5 nitrogen and oxygen atoms in total. The molecule has 0 aliphatic rings. The van der Waals surface area contributed by atoms with E-state index in [9.17, 15) is 15.2 Å². The summed E-state index contributed by atoms with van der Waals surface area (Å²) in [4.78, 5) is 10.4. The maximum Gasteiger partial charge on any atom is 0.292 e. The van der Waals surface area contributed by atoms with Gasteiger partial charge in [-0.1, -0.05) is 38.3 Å². The first-order chi connectivity index (χ1) is 8.99. The smallest absolute Gasteiger partial charge is 0.292 e. The lowest BCUT2D eigenvalue weighted by atomic mass is 9.96. The van der Waals surface area contributed by atoms with E-state index >= 15 is 0 Å². The first-order valence-corrected chi connectivity index (χ1v) is 6.73. The molecule has 106 valence electrons. The Hall–Kier alpha value is -1.33. The molecular weight excluding hydrogens is 268 g/mol. The van der Waals surface area contributed by atoms with Crippen LogP contribution in [0.4, 0.5) is 11.4 Å². The highest BCUT2D eigenvalue weighted by Crippen LogP contribution is 2.28. The van der Waals surface area contributed by atoms with Crippen LogP contribution >= 0.6 is 11.6 Å². The summed E-state index contributed by atoms with van der Waals surface area (Å²) in [6, 6.07) is 4.33. The van der Waals surface area contributed by atoms with Crippen molar-refractivity contribution in [3.8, 4) is 0 Å². The van der Waals surface area contributed by atoms with E-state index in [2.05, 4.69) is 5.32 Å². The van der Waals surface area contributed by atoms with Gasteiger partial charge in [0.1, 0.15) is 5.69 Å². The topological polar surface area (TPSA) is 75.4 Å². The van der Waals surface area contributed by atoms with Gasteiger partial charge in [-0.25, -0.2) is 0 Å². The Labute approximate surface area is 117 Å². The lowest BCUT2D eigenvalue weighted by molar-refractivity contribution is -0.384. The second-order valence-corrected chi connectivity index (χ2v) is 4.88. The van der Waals surface area contributed by atoms with Crippen LogP contribution in [-0.2, 0) is 0 Å². The van der Waals surface area contributed by atoms with Crippen LogP contribution in [0.5, 0.6) is 0 Å². The number of hydrogen-bond acceptors (Lipinski definition) is 4. The fraction of sp³-hybridized carbons (Fsp3) is 0.538. The number of aliphatic hydroxyl groups excluding tert-OH is 1. The molecule has 0 aliphatic heterocycles. The predicted octanol–water partition coefficient (Wildman–Crippen LogP) is 3.46. The summed E-state index contributed by atoms with van der Waals surface area (Å²) in [5, 5.41) is 24.2. The average molecular weight is 287 g/mol. The number of nitrogens with zero attached hydrogens (tertiary/aromatic N) is 1. The second kappa shape index (κ2) is 7.31. The summed E-state index contributed by atoms with van der Waals surface area (Å²) in [5.41, 5.74) is 0.295. The minimum Gasteiger partial charge on any atom is -0.391 e. The van der Waals surface area contributed by atoms with Crippen LogP contribution in [0, 0.1) is 16.0 Å². The molecule has 0 bridgehead atoms. The number of benzene rings is 1. The number of nitro groups is 1. The molecule has 0 aromatic heterocycles. The predicted molar refractivity (Wildman–Crippen MR) is 76.7 cm³/mol. The molecule has 0 amide bonds. The molecule has 19 heavy (non-hydrogen) atoms. The quantitative estimate of drug-likeness (QED) is 0.594. The van der Waals surface area contributed by atoms with Crippen molar-refractivity contribution in [3.63, 3.8) is 0 Å². The van der Waals surface area contributed by atoms with E-state index in [0.717, 1.165) is 12.8 Å². The van der Waals surface area contributed by atoms with E-state index in [4.69, 9.17) is 11.6 Å². The van der Waals surface area contributed by atoms with E-state index in [0.29, 0.717) is 10.7 Å². The summed E-state index contributed by atoms with van der Waals surface area (Å²) >= 11 is 5.83. The highest BCUT2D eigenvalue weighted by molar-refractivity contribution is 6.31. The Balaban J connectivity index is 2.76. The fourth-order valence-corrected chi connectivity index (χ4v) is 2.20. The molecule has 2 N–H and O–H groups in total. The molecule has 0 radical (unpaired) electrons. The molecule has 1 aromatic rings. The van der Waals surface area contributed by atoms with E-state index in [-0.39, 0.29) is 18.2 Å². The number of anilines is 1. The first kappa shape index (κ1) is 15.7. The van der Waals surface area contributed by atoms with Crippen molar-refractivity contribution in [2.24, 2.45) is 5.92 Å². The van der Waals surface area contributed by atoms with Gasteiger partial charge >= 0.3 is 0 Å². The molecule has 0 fully saturated rings. The van der Waals surface area contributed by atoms with E-state index in [1.807, 2.05) is 13.8 Å². The molecule has 1 aromatic carbocycles. The van der Waals surface area contributed by atoms with Crippen LogP contribution in [0.25, 0.3) is 0 Å². The number of hydrogen-bond donors (Lipinski definition) is 2. The van der Waals surface area contributed by atoms with Crippen LogP contribution in [0.1, 0.15) is 26.7 Å². The highest BCUT2D eigenvalue weighted by Gasteiger charge is 2.18. The number of nitro benzene ring substituents is 1. The van der Waals surface area contributed by atoms with Gasteiger partial charge in [0.05, 0.1) is 11.0 Å². The molecule has 1 unspecified atom stereocenters. The molecule has 6 heteroatoms. The van der Waals surface area contributed by atoms with Crippen LogP contribution < -0.4 is 5.32 Å². The van der Waals surface area contributed by atoms with E-state index in [1.165, 1.54) is 18.2 Å². The normalized spacial score (nSPS) is 12.5. The Bertz CT molecular complexity index is 436. The number of rotatable bonds is 7. The van der Waals surface area contributed by atoms with Crippen molar-refractivity contribution in [1.29, 1.82) is 0 Å². The lowest BCUT2D eigenvalue weighted by Crippen LogP contribution is -2.27. The van der Waals surface area contributed by atoms with Gasteiger partial charge in [0, 0.05) is 17.6 Å². The van der Waals surface area contributed by atoms with Crippen molar-refractivity contribution in [2.45, 2.75) is 32.8 Å². The molecule has 0 spiro atoms. The van der Waals surface area contributed by atoms with Crippen molar-refractivity contribution in [1.82, 2.24) is 0 Å². The summed E-state index contributed by atoms with van der Waals surface area (Å²) in [6.07, 6.45) is 1.21. The SMILES string of the molecule is CCC(CC)C(O)CNc1cc(Cl)ccc1[N+](=O)[O-]. The maximum absolute atomic E-state index is 10.9. The number of halogens is 1. The van der Waals surface area contributed by atoms with Crippen molar-refractivity contribution < 1.29 is 10.0 Å². The summed E-state index contributed by atoms with van der Waals surface area (Å²) < 4.78 is 0. The van der Waals surface area contributed by atoms with Gasteiger partial charge in [-0.15, -0.1) is 0 Å². The Morgan fingerprint density at radius 3 is 2.58 bits per heavy atom. The first-order valence-electron chi connectivity index (χ1n) is 6.35. The van der Waals surface area contributed by atoms with Crippen LogP contribution in [0.3, 0.4) is 0 Å². The lowest BCUT2D eigenvalue weighted by Gasteiger charge is -2.20. The zero-order valence-corrected chi connectivity index (χ0v) is 11.9. The third-order valence-corrected chi connectivity index (χ3v) is 3.48. The Morgan fingerprint density at radius 2 is 2.05 bits per heavy atom. The zero-order valence-electron chi connectivity index (χ0n) is 11.1. The standard InChI is InChI=1S/C13H19ClN2O3/c1-3-9(4-2)13(17)8-15-11-7-10(14)5-6-12(11)16(18)19/h5-7,9,13,15,17H,3-4,8H2,1-2H3. The summed E-state index contributed by atoms with van der Waals surface area (Å²) in [5.74, 6) is 0.186. The second-order valence-electron chi connectivity index (χ2n) is 4.44. The zero-order chi connectivity index (χ0) is 14.4. The molecule has 1 atom stereocenters. The molecule has 0 saturated heterocycles. The van der Waals surface area contributed by atoms with Crippen LogP contribution in [0.15, 0.2) is 18.2 Å². The molecule has 0 aliphatic carbocycles. The van der Waals surface area contributed by atoms with Crippen molar-refractivity contribution >= 4 is 23.0 Å². The summed E-state index contributed by atoms with van der Waals surface area (Å²) in [7, 11) is 0. The Morgan fingerprint density at radius 1 is 1.42 bits per heavy atom. The largest absolute Gasteiger partial charge is 0.391 e. The van der Waals surface area contributed by atoms with E-state index < -0.39 is 11.0 Å². The van der Waals surface area contributed by atoms with Crippen molar-refractivity contribution in [2.75, 3.05) is 11.9 Å². The molecule has 0 saturated carbocycles. The third-order valence-electron chi connectivity index (χ3n) is 3.25. The number of nitrogens with one attached hydrogen (secondary N) is 1. The van der Waals surface area contributed by atoms with Crippen LogP contribution in [0.2, 0.25) is 5.02 Å². The average Bonchev–Trinajstić information content (AvgIpc) is 2.37. The van der Waals surface area contributed by atoms with Crippen LogP contribution in [-0.4, -0.2) is 22.7 Å². The van der Waals surface area contributed by atoms with Crippen molar-refractivity contribution in [3.05, 3.63) is 33.3 Å². The Kier molecular flexibility index (Phi) is 6.05. The summed E-state index contributed by atoms with van der Waals surface area (Å²) in [6.45, 7) is 4.30. The maximum atomic E-state index is 10.9. The monoisotopic (exact) mass is 286 g/mol. The molecule has 1 rings (SSSR count). The minimum atomic E-state index is -0.534. The highest BCUT2D eigenvalue weighted by atomic mass is 35.5. The van der Waals surface area contributed by atoms with Gasteiger partial charge in [-0.05, 0) is 18.1 Å². The van der Waals surface area contributed by atoms with Gasteiger partial charge in [0.15, 0.2) is 0 Å². The van der Waals surface area contributed by atoms with Gasteiger partial charge in [0.25, 0.3) is 5.69 Å². The molecular formula is C13H19ClN2O3. The van der Waals surface area contributed by atoms with Gasteiger partial charge in [-0.2, -0.15) is 0 Å². The van der Waals surface area contributed by atoms with Gasteiger partial charge in [0.2, 0.25) is 0 Å². The third kappa shape index (κ3) is 4.36.